The Balaban J connectivity index is 2.59. The lowest BCUT2D eigenvalue weighted by Crippen LogP contribution is -2.52. The van der Waals surface area contributed by atoms with E-state index in [4.69, 9.17) is 9.29 Å². The number of halogens is 5. The zero-order valence-corrected chi connectivity index (χ0v) is 14.1. The minimum absolute atomic E-state index is 0.171. The van der Waals surface area contributed by atoms with E-state index in [1.165, 1.54) is 12.1 Å². The van der Waals surface area contributed by atoms with Crippen molar-refractivity contribution >= 4 is 22.1 Å². The highest BCUT2D eigenvalue weighted by Crippen LogP contribution is 2.38. The molecule has 0 fully saturated rings. The summed E-state index contributed by atoms with van der Waals surface area (Å²) in [6.07, 6.45) is -11.6. The predicted molar refractivity (Wildman–Crippen MR) is 78.4 cm³/mol. The number of ether oxygens (including phenoxy) is 2. The fourth-order valence-electron chi connectivity index (χ4n) is 1.69. The second-order valence-electron chi connectivity index (χ2n) is 5.05. The lowest BCUT2D eigenvalue weighted by molar-refractivity contribution is -0.259. The van der Waals surface area contributed by atoms with Gasteiger partial charge in [0.05, 0.1) is 12.2 Å². The van der Waals surface area contributed by atoms with Crippen molar-refractivity contribution in [2.75, 3.05) is 6.61 Å². The summed E-state index contributed by atoms with van der Waals surface area (Å²) in [4.78, 5) is 22.9. The molecule has 27 heavy (non-hydrogen) atoms. The maximum absolute atomic E-state index is 13.2. The van der Waals surface area contributed by atoms with Crippen molar-refractivity contribution in [1.82, 2.24) is 0 Å². The Labute approximate surface area is 149 Å². The van der Waals surface area contributed by atoms with Crippen LogP contribution in [0.15, 0.2) is 30.3 Å². The van der Waals surface area contributed by atoms with Crippen LogP contribution in [0.1, 0.15) is 23.2 Å². The molecule has 0 spiro atoms. The lowest BCUT2D eigenvalue weighted by Gasteiger charge is -2.26. The molecule has 13 heteroatoms. The Kier molecular flexibility index (Phi) is 7.25. The summed E-state index contributed by atoms with van der Waals surface area (Å²) >= 11 is 0. The molecule has 1 N–H and O–H groups in total. The molecule has 0 aliphatic heterocycles. The Morgan fingerprint density at radius 3 is 2.11 bits per heavy atom. The van der Waals surface area contributed by atoms with Crippen molar-refractivity contribution in [3.05, 3.63) is 35.9 Å². The van der Waals surface area contributed by atoms with Crippen LogP contribution < -0.4 is 0 Å². The molecule has 0 saturated heterocycles. The van der Waals surface area contributed by atoms with E-state index >= 15 is 0 Å². The standard InChI is InChI=1S/C14H13F5O7S/c15-13(16,17)12(14(18,19)27(22,23)24)26-10(20)7-4-8-25-11(21)9-5-2-1-3-6-9/h1-3,5-6,12H,4,7-8H2,(H,22,23,24). The number of carbonyl (C=O) groups excluding carboxylic acids is 2. The highest BCUT2D eigenvalue weighted by molar-refractivity contribution is 7.86. The largest absolute Gasteiger partial charge is 0.462 e. The average Bonchev–Trinajstić information content (AvgIpc) is 2.55. The molecule has 0 bridgehead atoms. The van der Waals surface area contributed by atoms with E-state index in [-0.39, 0.29) is 12.0 Å². The number of alkyl halides is 5. The molecule has 0 amide bonds. The van der Waals surface area contributed by atoms with E-state index in [0.29, 0.717) is 0 Å². The van der Waals surface area contributed by atoms with Crippen LogP contribution in [-0.2, 0) is 24.4 Å². The van der Waals surface area contributed by atoms with E-state index in [1.54, 1.807) is 18.2 Å². The lowest BCUT2D eigenvalue weighted by atomic mass is 10.2. The molecule has 152 valence electrons. The summed E-state index contributed by atoms with van der Waals surface area (Å²) in [5.74, 6) is -2.61. The highest BCUT2D eigenvalue weighted by atomic mass is 32.2. The second kappa shape index (κ2) is 8.61. The quantitative estimate of drug-likeness (QED) is 0.298. The third kappa shape index (κ3) is 6.43. The van der Waals surface area contributed by atoms with Crippen molar-refractivity contribution in [3.63, 3.8) is 0 Å². The second-order valence-corrected chi connectivity index (χ2v) is 6.55. The van der Waals surface area contributed by atoms with Crippen molar-refractivity contribution in [1.29, 1.82) is 0 Å². The van der Waals surface area contributed by atoms with E-state index in [1.807, 2.05) is 0 Å². The monoisotopic (exact) mass is 420 g/mol. The maximum atomic E-state index is 13.2. The van der Waals surface area contributed by atoms with Gasteiger partial charge in [0.2, 0.25) is 0 Å². The third-order valence-corrected chi connectivity index (χ3v) is 3.87. The van der Waals surface area contributed by atoms with Crippen LogP contribution in [0, 0.1) is 0 Å². The van der Waals surface area contributed by atoms with Gasteiger partial charge in [0, 0.05) is 6.42 Å². The summed E-state index contributed by atoms with van der Waals surface area (Å²) in [6.45, 7) is -0.436. The van der Waals surface area contributed by atoms with Crippen LogP contribution in [0.25, 0.3) is 0 Å². The molecular formula is C14H13F5O7S. The molecule has 7 nitrogen and oxygen atoms in total. The molecule has 0 saturated carbocycles. The van der Waals surface area contributed by atoms with Gasteiger partial charge >= 0.3 is 33.5 Å². The van der Waals surface area contributed by atoms with E-state index in [2.05, 4.69) is 4.74 Å². The van der Waals surface area contributed by atoms with E-state index < -0.39 is 52.6 Å². The molecule has 0 aliphatic carbocycles. The number of benzene rings is 1. The Bertz CT molecular complexity index is 762. The molecule has 1 unspecified atom stereocenters. The van der Waals surface area contributed by atoms with Crippen LogP contribution in [0.5, 0.6) is 0 Å². The number of hydrogen-bond donors (Lipinski definition) is 1. The van der Waals surface area contributed by atoms with Gasteiger partial charge in [-0.05, 0) is 18.6 Å². The van der Waals surface area contributed by atoms with Gasteiger partial charge in [0.1, 0.15) is 0 Å². The first-order valence-electron chi connectivity index (χ1n) is 7.10. The Hall–Kier alpha value is -2.28. The van der Waals surface area contributed by atoms with Crippen LogP contribution in [0.3, 0.4) is 0 Å². The topological polar surface area (TPSA) is 107 Å². The van der Waals surface area contributed by atoms with Gasteiger partial charge in [-0.1, -0.05) is 18.2 Å². The molecule has 0 radical (unpaired) electrons. The number of carbonyl (C=O) groups is 2. The van der Waals surface area contributed by atoms with Crippen LogP contribution in [0.2, 0.25) is 0 Å². The molecule has 0 heterocycles. The molecule has 0 aromatic heterocycles. The summed E-state index contributed by atoms with van der Waals surface area (Å²) in [5.41, 5.74) is 0.171. The third-order valence-electron chi connectivity index (χ3n) is 2.96. The van der Waals surface area contributed by atoms with E-state index in [0.717, 1.165) is 0 Å². The van der Waals surface area contributed by atoms with Gasteiger partial charge in [-0.15, -0.1) is 0 Å². The zero-order valence-electron chi connectivity index (χ0n) is 13.3. The van der Waals surface area contributed by atoms with E-state index in [9.17, 15) is 40.0 Å². The number of rotatable bonds is 8. The molecule has 1 atom stereocenters. The number of hydrogen-bond acceptors (Lipinski definition) is 6. The van der Waals surface area contributed by atoms with Crippen LogP contribution in [0.4, 0.5) is 22.0 Å². The van der Waals surface area contributed by atoms with Gasteiger partial charge in [0.15, 0.2) is 0 Å². The SMILES string of the molecule is O=C(CCCOC(=O)c1ccccc1)OC(C(F)(F)F)C(F)(F)S(=O)(=O)O. The first-order chi connectivity index (χ1) is 12.3. The molecule has 1 aromatic carbocycles. The van der Waals surface area contributed by atoms with Crippen molar-refractivity contribution in [2.24, 2.45) is 0 Å². The Morgan fingerprint density at radius 2 is 1.63 bits per heavy atom. The average molecular weight is 420 g/mol. The fraction of sp³-hybridized carbons (Fsp3) is 0.429. The molecule has 1 rings (SSSR count). The minimum atomic E-state index is -6.50. The zero-order chi connectivity index (χ0) is 20.9. The normalized spacial score (nSPS) is 13.7. The fourth-order valence-corrected chi connectivity index (χ4v) is 2.14. The van der Waals surface area contributed by atoms with Crippen molar-refractivity contribution < 1.29 is 54.0 Å². The highest BCUT2D eigenvalue weighted by Gasteiger charge is 2.65. The van der Waals surface area contributed by atoms with Gasteiger partial charge in [-0.25, -0.2) is 4.79 Å². The summed E-state index contributed by atoms with van der Waals surface area (Å²) in [7, 11) is -6.50. The first-order valence-corrected chi connectivity index (χ1v) is 8.54. The van der Waals surface area contributed by atoms with Gasteiger partial charge in [0.25, 0.3) is 6.10 Å². The summed E-state index contributed by atoms with van der Waals surface area (Å²) in [5, 5.41) is -5.79. The van der Waals surface area contributed by atoms with Crippen LogP contribution in [-0.4, -0.2) is 49.1 Å². The maximum Gasteiger partial charge on any atom is 0.432 e. The number of esters is 2. The first kappa shape index (κ1) is 22.8. The molecule has 1 aromatic rings. The van der Waals surface area contributed by atoms with Crippen molar-refractivity contribution in [2.45, 2.75) is 30.4 Å². The molecule has 0 aliphatic rings. The van der Waals surface area contributed by atoms with Gasteiger partial charge in [-0.2, -0.15) is 30.4 Å². The predicted octanol–water partition coefficient (Wildman–Crippen LogP) is 2.58. The van der Waals surface area contributed by atoms with Gasteiger partial charge < -0.3 is 9.47 Å². The smallest absolute Gasteiger partial charge is 0.432 e. The van der Waals surface area contributed by atoms with Crippen LogP contribution >= 0.6 is 0 Å². The molecular weight excluding hydrogens is 407 g/mol. The Morgan fingerprint density at radius 1 is 1.07 bits per heavy atom. The minimum Gasteiger partial charge on any atom is -0.462 e. The van der Waals surface area contributed by atoms with Crippen molar-refractivity contribution in [3.8, 4) is 0 Å². The summed E-state index contributed by atoms with van der Waals surface area (Å²) in [6, 6.07) is 7.55. The summed E-state index contributed by atoms with van der Waals surface area (Å²) < 4.78 is 102. The van der Waals surface area contributed by atoms with Gasteiger partial charge in [-0.3, -0.25) is 9.35 Å².